The molecule has 0 saturated heterocycles. The quantitative estimate of drug-likeness (QED) is 0.461. The van der Waals surface area contributed by atoms with Crippen molar-refractivity contribution in [1.82, 2.24) is 0 Å². The summed E-state index contributed by atoms with van der Waals surface area (Å²) in [6.07, 6.45) is 16.7. The first-order valence-electron chi connectivity index (χ1n) is 9.06. The van der Waals surface area contributed by atoms with Gasteiger partial charge in [-0.2, -0.15) is 0 Å². The van der Waals surface area contributed by atoms with E-state index in [1.54, 1.807) is 12.8 Å². The van der Waals surface area contributed by atoms with Gasteiger partial charge >= 0.3 is 0 Å². The second kappa shape index (κ2) is 9.02. The number of alkyl halides is 1. The number of hydrogen-bond donors (Lipinski definition) is 0. The van der Waals surface area contributed by atoms with Gasteiger partial charge in [-0.25, -0.2) is 0 Å². The summed E-state index contributed by atoms with van der Waals surface area (Å²) in [7, 11) is 0.265. The minimum Gasteiger partial charge on any atom is -0.251 e. The van der Waals surface area contributed by atoms with Gasteiger partial charge in [0.25, 0.3) is 0 Å². The van der Waals surface area contributed by atoms with E-state index in [1.807, 2.05) is 0 Å². The predicted molar refractivity (Wildman–Crippen MR) is 89.9 cm³/mol. The number of halogens is 1. The van der Waals surface area contributed by atoms with Gasteiger partial charge in [0.1, 0.15) is 0 Å². The molecule has 0 amide bonds. The summed E-state index contributed by atoms with van der Waals surface area (Å²) < 4.78 is 12.1. The zero-order valence-electron chi connectivity index (χ0n) is 13.3. The van der Waals surface area contributed by atoms with Gasteiger partial charge in [-0.3, -0.25) is 4.39 Å². The lowest BCUT2D eigenvalue weighted by molar-refractivity contribution is 0.180. The van der Waals surface area contributed by atoms with Crippen LogP contribution in [0.5, 0.6) is 0 Å². The monoisotopic (exact) mass is 296 g/mol. The highest BCUT2D eigenvalue weighted by Gasteiger charge is 2.29. The minimum absolute atomic E-state index is 0.198. The molecule has 0 aromatic rings. The number of hydrogen-bond acceptors (Lipinski definition) is 0. The standard InChI is InChI=1S/C18H33FSi/c1-2-20-18-12-10-17(11-13-18)16-8-6-15(7-9-16)5-3-4-14-19/h3,5,15-18H,2,4,6-14,20H2,1H3. The Morgan fingerprint density at radius 1 is 0.950 bits per heavy atom. The van der Waals surface area contributed by atoms with Crippen LogP contribution >= 0.6 is 0 Å². The molecule has 0 spiro atoms. The van der Waals surface area contributed by atoms with Crippen molar-refractivity contribution in [1.29, 1.82) is 0 Å². The molecule has 2 fully saturated rings. The van der Waals surface area contributed by atoms with Crippen LogP contribution < -0.4 is 0 Å². The van der Waals surface area contributed by atoms with Crippen molar-refractivity contribution < 1.29 is 4.39 Å². The Hall–Kier alpha value is -0.113. The van der Waals surface area contributed by atoms with Crippen LogP contribution in [-0.2, 0) is 0 Å². The first-order chi connectivity index (χ1) is 9.83. The Bertz CT molecular complexity index is 273. The van der Waals surface area contributed by atoms with Crippen LogP contribution in [0.2, 0.25) is 11.6 Å². The van der Waals surface area contributed by atoms with Crippen molar-refractivity contribution >= 4 is 9.52 Å². The second-order valence-electron chi connectivity index (χ2n) is 7.15. The third-order valence-electron chi connectivity index (χ3n) is 5.76. The zero-order chi connectivity index (χ0) is 14.2. The molecule has 0 aromatic heterocycles. The largest absolute Gasteiger partial charge is 0.251 e. The smallest absolute Gasteiger partial charge is 0.0928 e. The van der Waals surface area contributed by atoms with E-state index in [-0.39, 0.29) is 16.2 Å². The van der Waals surface area contributed by atoms with Crippen LogP contribution in [0.15, 0.2) is 12.2 Å². The lowest BCUT2D eigenvalue weighted by Gasteiger charge is -2.37. The van der Waals surface area contributed by atoms with E-state index >= 15 is 0 Å². The Morgan fingerprint density at radius 2 is 1.55 bits per heavy atom. The van der Waals surface area contributed by atoms with Crippen molar-refractivity contribution in [3.63, 3.8) is 0 Å². The summed E-state index contributed by atoms with van der Waals surface area (Å²) in [5.74, 6) is 2.82. The molecule has 0 radical (unpaired) electrons. The first kappa shape index (κ1) is 16.3. The van der Waals surface area contributed by atoms with Gasteiger partial charge in [-0.15, -0.1) is 0 Å². The van der Waals surface area contributed by atoms with Gasteiger partial charge < -0.3 is 0 Å². The zero-order valence-corrected chi connectivity index (χ0v) is 14.7. The van der Waals surface area contributed by atoms with Crippen LogP contribution in [0.3, 0.4) is 0 Å². The molecule has 2 aliphatic carbocycles. The molecule has 0 N–H and O–H groups in total. The van der Waals surface area contributed by atoms with Gasteiger partial charge in [-0.05, 0) is 49.9 Å². The molecular formula is C18H33FSi. The summed E-state index contributed by atoms with van der Waals surface area (Å²) in [4.78, 5) is 0. The van der Waals surface area contributed by atoms with Crippen molar-refractivity contribution in [2.75, 3.05) is 6.67 Å². The number of rotatable bonds is 6. The highest BCUT2D eigenvalue weighted by molar-refractivity contribution is 6.37. The molecule has 0 aliphatic heterocycles. The third-order valence-corrected chi connectivity index (χ3v) is 7.97. The topological polar surface area (TPSA) is 0 Å². The Balaban J connectivity index is 1.67. The fourth-order valence-corrected chi connectivity index (χ4v) is 6.38. The van der Waals surface area contributed by atoms with Crippen molar-refractivity contribution in [2.24, 2.45) is 17.8 Å². The van der Waals surface area contributed by atoms with Gasteiger partial charge in [-0.1, -0.05) is 56.3 Å². The highest BCUT2D eigenvalue weighted by Crippen LogP contribution is 2.42. The van der Waals surface area contributed by atoms with Gasteiger partial charge in [0, 0.05) is 9.52 Å². The molecule has 0 aromatic carbocycles. The van der Waals surface area contributed by atoms with Crippen molar-refractivity contribution in [3.8, 4) is 0 Å². The SMILES string of the molecule is CC[SiH2]C1CCC(C2CCC(C=CCCF)CC2)CC1. The third kappa shape index (κ3) is 5.02. The molecule has 0 bridgehead atoms. The van der Waals surface area contributed by atoms with Gasteiger partial charge in [0.05, 0.1) is 6.67 Å². The summed E-state index contributed by atoms with van der Waals surface area (Å²) >= 11 is 0. The summed E-state index contributed by atoms with van der Waals surface area (Å²) in [6.45, 7) is 2.19. The molecule has 2 rings (SSSR count). The second-order valence-corrected chi connectivity index (χ2v) is 9.88. The minimum atomic E-state index is -0.198. The van der Waals surface area contributed by atoms with E-state index in [4.69, 9.17) is 0 Å². The maximum Gasteiger partial charge on any atom is 0.0928 e. The Labute approximate surface area is 127 Å². The molecule has 2 saturated carbocycles. The van der Waals surface area contributed by atoms with Gasteiger partial charge in [0.2, 0.25) is 0 Å². The Morgan fingerprint density at radius 3 is 2.10 bits per heavy atom. The molecule has 20 heavy (non-hydrogen) atoms. The fraction of sp³-hybridized carbons (Fsp3) is 0.889. The predicted octanol–water partition coefficient (Wildman–Crippen LogP) is 5.29. The van der Waals surface area contributed by atoms with E-state index in [0.29, 0.717) is 6.42 Å². The van der Waals surface area contributed by atoms with Crippen LogP contribution in [-0.4, -0.2) is 16.2 Å². The van der Waals surface area contributed by atoms with Crippen LogP contribution in [0.4, 0.5) is 4.39 Å². The molecule has 0 atom stereocenters. The van der Waals surface area contributed by atoms with Crippen molar-refractivity contribution in [2.45, 2.75) is 76.3 Å². The average molecular weight is 297 g/mol. The lowest BCUT2D eigenvalue weighted by Crippen LogP contribution is -2.25. The molecular weight excluding hydrogens is 263 g/mol. The molecule has 116 valence electrons. The van der Waals surface area contributed by atoms with Gasteiger partial charge in [0.15, 0.2) is 0 Å². The summed E-state index contributed by atoms with van der Waals surface area (Å²) in [6, 6.07) is 1.51. The molecule has 0 unspecified atom stereocenters. The van der Waals surface area contributed by atoms with Crippen LogP contribution in [0.25, 0.3) is 0 Å². The average Bonchev–Trinajstić information content (AvgIpc) is 2.49. The maximum atomic E-state index is 12.1. The number of allylic oxidation sites excluding steroid dienone is 2. The first-order valence-corrected chi connectivity index (χ1v) is 10.9. The van der Waals surface area contributed by atoms with Crippen LogP contribution in [0, 0.1) is 17.8 Å². The van der Waals surface area contributed by atoms with E-state index in [0.717, 1.165) is 17.8 Å². The molecule has 2 aliphatic rings. The van der Waals surface area contributed by atoms with Crippen molar-refractivity contribution in [3.05, 3.63) is 12.2 Å². The maximum absolute atomic E-state index is 12.1. The summed E-state index contributed by atoms with van der Waals surface area (Å²) in [5, 5.41) is 0. The Kier molecular flexibility index (Phi) is 7.33. The molecule has 0 nitrogen and oxygen atoms in total. The fourth-order valence-electron chi connectivity index (χ4n) is 4.52. The highest BCUT2D eigenvalue weighted by atomic mass is 28.2. The van der Waals surface area contributed by atoms with E-state index in [2.05, 4.69) is 19.1 Å². The normalized spacial score (nSPS) is 36.1. The van der Waals surface area contributed by atoms with Crippen LogP contribution in [0.1, 0.15) is 64.7 Å². The molecule has 0 heterocycles. The van der Waals surface area contributed by atoms with E-state index in [9.17, 15) is 4.39 Å². The van der Waals surface area contributed by atoms with E-state index < -0.39 is 0 Å². The molecule has 2 heteroatoms. The van der Waals surface area contributed by atoms with E-state index in [1.165, 1.54) is 50.1 Å². The summed E-state index contributed by atoms with van der Waals surface area (Å²) in [5.41, 5.74) is 1.18. The lowest BCUT2D eigenvalue weighted by atomic mass is 9.71.